The molecule has 17 heavy (non-hydrogen) atoms. The van der Waals surface area contributed by atoms with E-state index >= 15 is 0 Å². The minimum absolute atomic E-state index is 0.155. The standard InChI is InChI=1S/C13H24N2O2/c1-10-8-14-9-12(10)13(16)15-6-5-11-4-2-3-7-17-11/h10-12,14H,2-9H2,1H3,(H,15,16)/t10-,11?,12-/m1/s1. The number of rotatable bonds is 4. The Balaban J connectivity index is 1.62. The van der Waals surface area contributed by atoms with E-state index in [0.717, 1.165) is 39.1 Å². The van der Waals surface area contributed by atoms with Gasteiger partial charge in [0.2, 0.25) is 5.91 Å². The molecule has 0 bridgehead atoms. The Bertz CT molecular complexity index is 252. The van der Waals surface area contributed by atoms with Crippen LogP contribution in [0.2, 0.25) is 0 Å². The van der Waals surface area contributed by atoms with Gasteiger partial charge in [-0.05, 0) is 38.1 Å². The van der Waals surface area contributed by atoms with Crippen molar-refractivity contribution in [1.82, 2.24) is 10.6 Å². The van der Waals surface area contributed by atoms with Crippen LogP contribution in [0.5, 0.6) is 0 Å². The number of carbonyl (C=O) groups is 1. The zero-order valence-corrected chi connectivity index (χ0v) is 10.7. The summed E-state index contributed by atoms with van der Waals surface area (Å²) in [6, 6.07) is 0. The van der Waals surface area contributed by atoms with Crippen molar-refractivity contribution in [2.24, 2.45) is 11.8 Å². The van der Waals surface area contributed by atoms with E-state index in [0.29, 0.717) is 12.0 Å². The molecule has 2 saturated heterocycles. The Morgan fingerprint density at radius 1 is 1.41 bits per heavy atom. The van der Waals surface area contributed by atoms with Crippen molar-refractivity contribution < 1.29 is 9.53 Å². The molecular formula is C13H24N2O2. The van der Waals surface area contributed by atoms with Gasteiger partial charge in [-0.25, -0.2) is 0 Å². The molecule has 2 heterocycles. The number of amides is 1. The maximum atomic E-state index is 11.9. The van der Waals surface area contributed by atoms with Crippen LogP contribution in [0.4, 0.5) is 0 Å². The Morgan fingerprint density at radius 3 is 2.94 bits per heavy atom. The molecule has 0 aliphatic carbocycles. The SMILES string of the molecule is C[C@@H]1CNC[C@H]1C(=O)NCCC1CCCCO1. The van der Waals surface area contributed by atoms with E-state index in [1.807, 2.05) is 0 Å². The summed E-state index contributed by atoms with van der Waals surface area (Å²) in [6.45, 7) is 5.57. The van der Waals surface area contributed by atoms with Gasteiger partial charge in [0.15, 0.2) is 0 Å². The second-order valence-electron chi connectivity index (χ2n) is 5.31. The molecule has 0 saturated carbocycles. The summed E-state index contributed by atoms with van der Waals surface area (Å²) in [5.41, 5.74) is 0. The van der Waals surface area contributed by atoms with Gasteiger partial charge >= 0.3 is 0 Å². The average molecular weight is 240 g/mol. The molecule has 0 radical (unpaired) electrons. The minimum atomic E-state index is 0.155. The summed E-state index contributed by atoms with van der Waals surface area (Å²) in [4.78, 5) is 11.9. The van der Waals surface area contributed by atoms with Crippen LogP contribution in [-0.4, -0.2) is 38.3 Å². The number of hydrogen-bond donors (Lipinski definition) is 2. The van der Waals surface area contributed by atoms with E-state index in [9.17, 15) is 4.79 Å². The average Bonchev–Trinajstić information content (AvgIpc) is 2.77. The Kier molecular flexibility index (Phi) is 4.80. The molecule has 2 aliphatic rings. The predicted molar refractivity (Wildman–Crippen MR) is 66.7 cm³/mol. The third-order valence-corrected chi connectivity index (χ3v) is 3.89. The molecule has 0 aromatic heterocycles. The second kappa shape index (κ2) is 6.36. The fraction of sp³-hybridized carbons (Fsp3) is 0.923. The summed E-state index contributed by atoms with van der Waals surface area (Å²) in [6.07, 6.45) is 4.93. The van der Waals surface area contributed by atoms with Crippen molar-refractivity contribution in [3.05, 3.63) is 0 Å². The molecule has 0 aromatic carbocycles. The third kappa shape index (κ3) is 3.68. The topological polar surface area (TPSA) is 50.4 Å². The molecule has 1 unspecified atom stereocenters. The molecule has 2 rings (SSSR count). The first kappa shape index (κ1) is 12.8. The quantitative estimate of drug-likeness (QED) is 0.768. The molecule has 2 N–H and O–H groups in total. The summed E-state index contributed by atoms with van der Waals surface area (Å²) in [7, 11) is 0. The number of ether oxygens (including phenoxy) is 1. The van der Waals surface area contributed by atoms with Crippen molar-refractivity contribution in [2.45, 2.75) is 38.7 Å². The van der Waals surface area contributed by atoms with Crippen LogP contribution < -0.4 is 10.6 Å². The summed E-state index contributed by atoms with van der Waals surface area (Å²) < 4.78 is 5.64. The van der Waals surface area contributed by atoms with Gasteiger partial charge in [-0.2, -0.15) is 0 Å². The lowest BCUT2D eigenvalue weighted by Crippen LogP contribution is -2.36. The van der Waals surface area contributed by atoms with E-state index in [-0.39, 0.29) is 11.8 Å². The first-order valence-electron chi connectivity index (χ1n) is 6.87. The molecule has 4 nitrogen and oxygen atoms in total. The van der Waals surface area contributed by atoms with Gasteiger partial charge < -0.3 is 15.4 Å². The van der Waals surface area contributed by atoms with Gasteiger partial charge in [-0.15, -0.1) is 0 Å². The van der Waals surface area contributed by atoms with E-state index in [2.05, 4.69) is 17.6 Å². The maximum absolute atomic E-state index is 11.9. The van der Waals surface area contributed by atoms with Crippen LogP contribution >= 0.6 is 0 Å². The maximum Gasteiger partial charge on any atom is 0.224 e. The van der Waals surface area contributed by atoms with Crippen LogP contribution in [0.15, 0.2) is 0 Å². The Hall–Kier alpha value is -0.610. The lowest BCUT2D eigenvalue weighted by Gasteiger charge is -2.23. The fourth-order valence-corrected chi connectivity index (χ4v) is 2.68. The minimum Gasteiger partial charge on any atom is -0.378 e. The van der Waals surface area contributed by atoms with Crippen LogP contribution in [0.3, 0.4) is 0 Å². The highest BCUT2D eigenvalue weighted by Crippen LogP contribution is 2.17. The van der Waals surface area contributed by atoms with Crippen LogP contribution in [0, 0.1) is 11.8 Å². The van der Waals surface area contributed by atoms with Crippen molar-refractivity contribution in [2.75, 3.05) is 26.2 Å². The van der Waals surface area contributed by atoms with Gasteiger partial charge in [0.25, 0.3) is 0 Å². The number of hydrogen-bond acceptors (Lipinski definition) is 3. The highest BCUT2D eigenvalue weighted by Gasteiger charge is 2.29. The van der Waals surface area contributed by atoms with Gasteiger partial charge in [0.1, 0.15) is 0 Å². The van der Waals surface area contributed by atoms with E-state index in [1.165, 1.54) is 12.8 Å². The second-order valence-corrected chi connectivity index (χ2v) is 5.31. The van der Waals surface area contributed by atoms with Crippen LogP contribution in [0.1, 0.15) is 32.6 Å². The first-order chi connectivity index (χ1) is 8.27. The van der Waals surface area contributed by atoms with Gasteiger partial charge in [0.05, 0.1) is 12.0 Å². The van der Waals surface area contributed by atoms with Crippen molar-refractivity contribution >= 4 is 5.91 Å². The predicted octanol–water partition coefficient (Wildman–Crippen LogP) is 0.917. The number of carbonyl (C=O) groups excluding carboxylic acids is 1. The van der Waals surface area contributed by atoms with E-state index < -0.39 is 0 Å². The zero-order chi connectivity index (χ0) is 12.1. The van der Waals surface area contributed by atoms with E-state index in [1.54, 1.807) is 0 Å². The molecule has 3 atom stereocenters. The summed E-state index contributed by atoms with van der Waals surface area (Å²) in [5.74, 6) is 0.821. The summed E-state index contributed by atoms with van der Waals surface area (Å²) in [5, 5.41) is 6.30. The smallest absolute Gasteiger partial charge is 0.224 e. The van der Waals surface area contributed by atoms with Crippen molar-refractivity contribution in [3.8, 4) is 0 Å². The lowest BCUT2D eigenvalue weighted by atomic mass is 9.97. The monoisotopic (exact) mass is 240 g/mol. The molecule has 0 spiro atoms. The van der Waals surface area contributed by atoms with Crippen LogP contribution in [-0.2, 0) is 9.53 Å². The molecule has 0 aromatic rings. The lowest BCUT2D eigenvalue weighted by molar-refractivity contribution is -0.125. The fourth-order valence-electron chi connectivity index (χ4n) is 2.68. The van der Waals surface area contributed by atoms with Gasteiger partial charge in [-0.1, -0.05) is 6.92 Å². The van der Waals surface area contributed by atoms with Crippen molar-refractivity contribution in [3.63, 3.8) is 0 Å². The molecular weight excluding hydrogens is 216 g/mol. The van der Waals surface area contributed by atoms with E-state index in [4.69, 9.17) is 4.74 Å². The molecule has 4 heteroatoms. The largest absolute Gasteiger partial charge is 0.378 e. The zero-order valence-electron chi connectivity index (χ0n) is 10.7. The third-order valence-electron chi connectivity index (χ3n) is 3.89. The number of nitrogens with one attached hydrogen (secondary N) is 2. The van der Waals surface area contributed by atoms with Gasteiger partial charge in [0, 0.05) is 19.7 Å². The Labute approximate surface area is 103 Å². The normalized spacial score (nSPS) is 33.6. The highest BCUT2D eigenvalue weighted by atomic mass is 16.5. The highest BCUT2D eigenvalue weighted by molar-refractivity contribution is 5.79. The van der Waals surface area contributed by atoms with Gasteiger partial charge in [-0.3, -0.25) is 4.79 Å². The molecule has 2 aliphatic heterocycles. The molecule has 2 fully saturated rings. The van der Waals surface area contributed by atoms with Crippen LogP contribution in [0.25, 0.3) is 0 Å². The molecule has 98 valence electrons. The summed E-state index contributed by atoms with van der Waals surface area (Å²) >= 11 is 0. The van der Waals surface area contributed by atoms with Crippen molar-refractivity contribution in [1.29, 1.82) is 0 Å². The first-order valence-corrected chi connectivity index (χ1v) is 6.87. The Morgan fingerprint density at radius 2 is 2.29 bits per heavy atom. The molecule has 1 amide bonds.